The number of nitrogens with zero attached hydrogens (tertiary/aromatic N) is 1. The summed E-state index contributed by atoms with van der Waals surface area (Å²) in [6.07, 6.45) is 2.90. The first-order valence-electron chi connectivity index (χ1n) is 7.63. The largest absolute Gasteiger partial charge is 0.396 e. The zero-order valence-corrected chi connectivity index (χ0v) is 13.4. The molecule has 2 amide bonds. The maximum atomic E-state index is 12.4. The molecular weight excluding hydrogens is 284 g/mol. The number of thioether (sulfide) groups is 1. The fourth-order valence-corrected chi connectivity index (χ4v) is 3.47. The summed E-state index contributed by atoms with van der Waals surface area (Å²) in [5, 5.41) is 12.1. The molecule has 0 spiro atoms. The highest BCUT2D eigenvalue weighted by Gasteiger charge is 2.23. The van der Waals surface area contributed by atoms with E-state index < -0.39 is 0 Å². The molecule has 1 aromatic rings. The highest BCUT2D eigenvalue weighted by molar-refractivity contribution is 7.99. The SMILES string of the molecule is CCSc1ccccc1NC(=O)N1CCC[C@@H](CCO)C1. The van der Waals surface area contributed by atoms with E-state index in [9.17, 15) is 4.79 Å². The number of benzene rings is 1. The van der Waals surface area contributed by atoms with Gasteiger partial charge in [-0.3, -0.25) is 0 Å². The van der Waals surface area contributed by atoms with Gasteiger partial charge in [-0.15, -0.1) is 11.8 Å². The molecule has 1 heterocycles. The van der Waals surface area contributed by atoms with Crippen molar-refractivity contribution in [2.45, 2.75) is 31.1 Å². The standard InChI is InChI=1S/C16H24N2O2S/c1-2-21-15-8-4-3-7-14(15)17-16(20)18-10-5-6-13(12-18)9-11-19/h3-4,7-8,13,19H,2,5-6,9-12H2,1H3,(H,17,20)/t13-/m0/s1. The third kappa shape index (κ3) is 4.64. The maximum absolute atomic E-state index is 12.4. The Labute approximate surface area is 130 Å². The number of aliphatic hydroxyl groups is 1. The van der Waals surface area contributed by atoms with Gasteiger partial charge in [0.25, 0.3) is 0 Å². The first kappa shape index (κ1) is 16.2. The van der Waals surface area contributed by atoms with E-state index in [-0.39, 0.29) is 12.6 Å². The van der Waals surface area contributed by atoms with Gasteiger partial charge in [0.1, 0.15) is 0 Å². The van der Waals surface area contributed by atoms with Crippen molar-refractivity contribution in [3.63, 3.8) is 0 Å². The van der Waals surface area contributed by atoms with Crippen LogP contribution in [0.1, 0.15) is 26.2 Å². The van der Waals surface area contributed by atoms with Gasteiger partial charge in [-0.05, 0) is 43.1 Å². The number of para-hydroxylation sites is 1. The molecule has 4 nitrogen and oxygen atoms in total. The molecule has 116 valence electrons. The molecule has 1 atom stereocenters. The number of likely N-dealkylation sites (tertiary alicyclic amines) is 1. The van der Waals surface area contributed by atoms with E-state index in [1.807, 2.05) is 29.2 Å². The van der Waals surface area contributed by atoms with Crippen molar-refractivity contribution in [1.82, 2.24) is 4.90 Å². The number of amides is 2. The summed E-state index contributed by atoms with van der Waals surface area (Å²) < 4.78 is 0. The Kier molecular flexibility index (Phi) is 6.39. The molecule has 5 heteroatoms. The van der Waals surface area contributed by atoms with Gasteiger partial charge >= 0.3 is 6.03 Å². The Morgan fingerprint density at radius 2 is 2.29 bits per heavy atom. The number of urea groups is 1. The summed E-state index contributed by atoms with van der Waals surface area (Å²) >= 11 is 1.73. The monoisotopic (exact) mass is 308 g/mol. The second-order valence-electron chi connectivity index (χ2n) is 5.33. The second-order valence-corrected chi connectivity index (χ2v) is 6.63. The summed E-state index contributed by atoms with van der Waals surface area (Å²) in [5.74, 6) is 1.41. The molecule has 0 radical (unpaired) electrons. The Morgan fingerprint density at radius 1 is 1.48 bits per heavy atom. The zero-order chi connectivity index (χ0) is 15.1. The normalized spacial score (nSPS) is 18.6. The molecule has 0 bridgehead atoms. The van der Waals surface area contributed by atoms with E-state index in [0.29, 0.717) is 5.92 Å². The molecule has 1 fully saturated rings. The van der Waals surface area contributed by atoms with Crippen LogP contribution in [0.25, 0.3) is 0 Å². The van der Waals surface area contributed by atoms with Crippen molar-refractivity contribution in [1.29, 1.82) is 0 Å². The van der Waals surface area contributed by atoms with Gasteiger partial charge in [0.2, 0.25) is 0 Å². The predicted octanol–water partition coefficient (Wildman–Crippen LogP) is 3.42. The minimum atomic E-state index is -0.0261. The second kappa shape index (κ2) is 8.29. The number of aliphatic hydroxyl groups excluding tert-OH is 1. The Morgan fingerprint density at radius 3 is 3.05 bits per heavy atom. The summed E-state index contributed by atoms with van der Waals surface area (Å²) in [6.45, 7) is 3.86. The Bertz CT molecular complexity index is 465. The van der Waals surface area contributed by atoms with Crippen molar-refractivity contribution in [3.8, 4) is 0 Å². The van der Waals surface area contributed by atoms with Gasteiger partial charge in [0.15, 0.2) is 0 Å². The molecule has 0 saturated carbocycles. The zero-order valence-electron chi connectivity index (χ0n) is 12.5. The van der Waals surface area contributed by atoms with Gasteiger partial charge in [-0.1, -0.05) is 19.1 Å². The third-order valence-corrected chi connectivity index (χ3v) is 4.73. The number of hydrogen-bond acceptors (Lipinski definition) is 3. The molecule has 21 heavy (non-hydrogen) atoms. The smallest absolute Gasteiger partial charge is 0.321 e. The molecule has 0 aliphatic carbocycles. The van der Waals surface area contributed by atoms with Gasteiger partial charge in [0.05, 0.1) is 5.69 Å². The summed E-state index contributed by atoms with van der Waals surface area (Å²) in [6, 6.07) is 7.90. The van der Waals surface area contributed by atoms with Crippen LogP contribution in [0.2, 0.25) is 0 Å². The number of carbonyl (C=O) groups excluding carboxylic acids is 1. The van der Waals surface area contributed by atoms with Crippen molar-refractivity contribution in [3.05, 3.63) is 24.3 Å². The third-order valence-electron chi connectivity index (χ3n) is 3.77. The molecule has 0 unspecified atom stereocenters. The fourth-order valence-electron chi connectivity index (χ4n) is 2.71. The van der Waals surface area contributed by atoms with E-state index in [0.717, 1.165) is 48.7 Å². The van der Waals surface area contributed by atoms with Crippen LogP contribution in [0.5, 0.6) is 0 Å². The van der Waals surface area contributed by atoms with Crippen LogP contribution in [0.15, 0.2) is 29.2 Å². The fraction of sp³-hybridized carbons (Fsp3) is 0.562. The van der Waals surface area contributed by atoms with Crippen LogP contribution in [-0.2, 0) is 0 Å². The lowest BCUT2D eigenvalue weighted by Gasteiger charge is -2.32. The van der Waals surface area contributed by atoms with Crippen LogP contribution in [0, 0.1) is 5.92 Å². The molecule has 1 saturated heterocycles. The quantitative estimate of drug-likeness (QED) is 0.819. The maximum Gasteiger partial charge on any atom is 0.321 e. The van der Waals surface area contributed by atoms with Crippen molar-refractivity contribution in [2.24, 2.45) is 5.92 Å². The molecule has 1 aliphatic heterocycles. The van der Waals surface area contributed by atoms with E-state index in [1.165, 1.54) is 0 Å². The summed E-state index contributed by atoms with van der Waals surface area (Å²) in [4.78, 5) is 15.4. The molecule has 2 N–H and O–H groups in total. The lowest BCUT2D eigenvalue weighted by Crippen LogP contribution is -2.42. The first-order valence-corrected chi connectivity index (χ1v) is 8.61. The van der Waals surface area contributed by atoms with Gasteiger partial charge in [-0.25, -0.2) is 4.79 Å². The van der Waals surface area contributed by atoms with Crippen molar-refractivity contribution >= 4 is 23.5 Å². The predicted molar refractivity (Wildman–Crippen MR) is 87.9 cm³/mol. The van der Waals surface area contributed by atoms with Crippen molar-refractivity contribution in [2.75, 3.05) is 30.8 Å². The van der Waals surface area contributed by atoms with Crippen LogP contribution in [0.3, 0.4) is 0 Å². The Balaban J connectivity index is 1.97. The average molecular weight is 308 g/mol. The number of anilines is 1. The van der Waals surface area contributed by atoms with E-state index in [1.54, 1.807) is 11.8 Å². The average Bonchev–Trinajstić information content (AvgIpc) is 2.50. The molecule has 1 aromatic carbocycles. The molecule has 0 aromatic heterocycles. The van der Waals surface area contributed by atoms with Gasteiger partial charge in [-0.2, -0.15) is 0 Å². The minimum absolute atomic E-state index is 0.0261. The lowest BCUT2D eigenvalue weighted by molar-refractivity contribution is 0.159. The number of nitrogens with one attached hydrogen (secondary N) is 1. The first-order chi connectivity index (χ1) is 10.2. The Hall–Kier alpha value is -1.20. The topological polar surface area (TPSA) is 52.6 Å². The number of hydrogen-bond donors (Lipinski definition) is 2. The van der Waals surface area contributed by atoms with E-state index in [2.05, 4.69) is 12.2 Å². The molecular formula is C16H24N2O2S. The molecule has 1 aliphatic rings. The minimum Gasteiger partial charge on any atom is -0.396 e. The van der Waals surface area contributed by atoms with Crippen LogP contribution >= 0.6 is 11.8 Å². The number of piperidine rings is 1. The molecule has 2 rings (SSSR count). The lowest BCUT2D eigenvalue weighted by atomic mass is 9.95. The van der Waals surface area contributed by atoms with E-state index >= 15 is 0 Å². The highest BCUT2D eigenvalue weighted by atomic mass is 32.2. The van der Waals surface area contributed by atoms with Crippen molar-refractivity contribution < 1.29 is 9.90 Å². The number of rotatable bonds is 5. The van der Waals surface area contributed by atoms with Gasteiger partial charge < -0.3 is 15.3 Å². The van der Waals surface area contributed by atoms with Crippen LogP contribution < -0.4 is 5.32 Å². The van der Waals surface area contributed by atoms with Crippen LogP contribution in [0.4, 0.5) is 10.5 Å². The van der Waals surface area contributed by atoms with Crippen LogP contribution in [-0.4, -0.2) is 41.5 Å². The summed E-state index contributed by atoms with van der Waals surface area (Å²) in [5.41, 5.74) is 0.888. The number of carbonyl (C=O) groups is 1. The highest BCUT2D eigenvalue weighted by Crippen LogP contribution is 2.27. The summed E-state index contributed by atoms with van der Waals surface area (Å²) in [7, 11) is 0. The van der Waals surface area contributed by atoms with Gasteiger partial charge in [0, 0.05) is 24.6 Å². The van der Waals surface area contributed by atoms with E-state index in [4.69, 9.17) is 5.11 Å².